The van der Waals surface area contributed by atoms with E-state index in [1.165, 1.54) is 43.0 Å². The number of halogens is 7. The van der Waals surface area contributed by atoms with E-state index in [2.05, 4.69) is 0 Å². The molecule has 0 radical (unpaired) electrons. The second kappa shape index (κ2) is 10.4. The first-order valence-corrected chi connectivity index (χ1v) is 12.6. The maximum absolute atomic E-state index is 13.7. The highest BCUT2D eigenvalue weighted by Crippen LogP contribution is 2.48. The molecule has 5 atom stereocenters. The number of nitrogens with zero attached hydrogens (tertiary/aromatic N) is 1. The molecule has 2 heterocycles. The van der Waals surface area contributed by atoms with Gasteiger partial charge in [0.25, 0.3) is 5.91 Å². The lowest BCUT2D eigenvalue weighted by atomic mass is 9.72. The van der Waals surface area contributed by atoms with Crippen LogP contribution in [-0.4, -0.2) is 41.6 Å². The van der Waals surface area contributed by atoms with Gasteiger partial charge in [0.15, 0.2) is 6.10 Å². The number of rotatable bonds is 5. The van der Waals surface area contributed by atoms with Crippen molar-refractivity contribution in [1.82, 2.24) is 4.90 Å². The first-order chi connectivity index (χ1) is 18.4. The molecule has 0 spiro atoms. The van der Waals surface area contributed by atoms with E-state index in [-0.39, 0.29) is 18.2 Å². The summed E-state index contributed by atoms with van der Waals surface area (Å²) in [5.41, 5.74) is -3.48. The molecule has 1 amide bonds. The summed E-state index contributed by atoms with van der Waals surface area (Å²) in [6.45, 7) is 5.97. The number of piperidine rings is 1. The third-order valence-electron chi connectivity index (χ3n) is 7.54. The molecular weight excluding hydrogens is 547 g/mol. The van der Waals surface area contributed by atoms with Crippen molar-refractivity contribution in [1.29, 1.82) is 0 Å². The number of ether oxygens (including phenoxy) is 2. The minimum absolute atomic E-state index is 0.0449. The number of benzene rings is 2. The fraction of sp³-hybridized carbons (Fsp3) is 0.500. The topological polar surface area (TPSA) is 55.8 Å². The standard InChI is InChI=1S/C28H28F7NO4/c1-14(17-9-18(27(30,31)32)11-19(10-17)28(33,34)35)39-22-13-36-21(23(22)16-5-7-20(29)8-6-16)12-26(3,4)24(25(36)38)40-15(2)37/h5-11,14,21-24H,12-13H2,1-4H3/t14?,21?,22-,23?,24?/m0/s1. The molecule has 5 nitrogen and oxygen atoms in total. The minimum Gasteiger partial charge on any atom is -0.452 e. The van der Waals surface area contributed by atoms with Gasteiger partial charge in [-0.15, -0.1) is 0 Å². The number of carbonyl (C=O) groups excluding carboxylic acids is 2. The third-order valence-corrected chi connectivity index (χ3v) is 7.54. The minimum atomic E-state index is -5.02. The number of hydrogen-bond donors (Lipinski definition) is 0. The highest BCUT2D eigenvalue weighted by Gasteiger charge is 2.56. The van der Waals surface area contributed by atoms with Crippen LogP contribution in [0.2, 0.25) is 0 Å². The van der Waals surface area contributed by atoms with E-state index in [0.29, 0.717) is 24.1 Å². The molecule has 0 saturated carbocycles. The van der Waals surface area contributed by atoms with Crippen molar-refractivity contribution >= 4 is 11.9 Å². The van der Waals surface area contributed by atoms with Crippen LogP contribution < -0.4 is 0 Å². The number of hydrogen-bond acceptors (Lipinski definition) is 4. The van der Waals surface area contributed by atoms with E-state index in [1.807, 2.05) is 0 Å². The van der Waals surface area contributed by atoms with Crippen LogP contribution in [0.4, 0.5) is 30.7 Å². The third kappa shape index (κ3) is 5.96. The Morgan fingerprint density at radius 3 is 2.05 bits per heavy atom. The lowest BCUT2D eigenvalue weighted by molar-refractivity contribution is -0.174. The van der Waals surface area contributed by atoms with E-state index in [4.69, 9.17) is 9.47 Å². The van der Waals surface area contributed by atoms with E-state index in [9.17, 15) is 40.3 Å². The highest BCUT2D eigenvalue weighted by molar-refractivity contribution is 5.86. The highest BCUT2D eigenvalue weighted by atomic mass is 19.4. The fourth-order valence-electron chi connectivity index (χ4n) is 5.69. The monoisotopic (exact) mass is 575 g/mol. The molecule has 218 valence electrons. The average Bonchev–Trinajstić information content (AvgIpc) is 3.17. The van der Waals surface area contributed by atoms with Gasteiger partial charge in [-0.1, -0.05) is 26.0 Å². The summed E-state index contributed by atoms with van der Waals surface area (Å²) < 4.78 is 106. The van der Waals surface area contributed by atoms with Gasteiger partial charge in [-0.25, -0.2) is 4.39 Å². The molecule has 0 N–H and O–H groups in total. The summed E-state index contributed by atoms with van der Waals surface area (Å²) in [6, 6.07) is 6.21. The van der Waals surface area contributed by atoms with Crippen molar-refractivity contribution in [3.8, 4) is 0 Å². The Bertz CT molecular complexity index is 1240. The zero-order valence-electron chi connectivity index (χ0n) is 22.1. The van der Waals surface area contributed by atoms with Crippen LogP contribution in [0.3, 0.4) is 0 Å². The lowest BCUT2D eigenvalue weighted by Crippen LogP contribution is -2.57. The smallest absolute Gasteiger partial charge is 0.416 e. The quantitative estimate of drug-likeness (QED) is 0.296. The Labute approximate surface area is 226 Å². The van der Waals surface area contributed by atoms with Crippen molar-refractivity contribution in [3.63, 3.8) is 0 Å². The van der Waals surface area contributed by atoms with E-state index in [0.717, 1.165) is 0 Å². The van der Waals surface area contributed by atoms with E-state index < -0.39 is 76.9 Å². The molecule has 2 aliphatic heterocycles. The summed E-state index contributed by atoms with van der Waals surface area (Å²) in [7, 11) is 0. The van der Waals surface area contributed by atoms with Gasteiger partial charge in [-0.3, -0.25) is 9.59 Å². The summed E-state index contributed by atoms with van der Waals surface area (Å²) in [6.07, 6.45) is -12.9. The first-order valence-electron chi connectivity index (χ1n) is 12.6. The van der Waals surface area contributed by atoms with Crippen LogP contribution in [0.5, 0.6) is 0 Å². The number of alkyl halides is 6. The lowest BCUT2D eigenvalue weighted by Gasteiger charge is -2.45. The zero-order chi connectivity index (χ0) is 29.8. The van der Waals surface area contributed by atoms with Crippen molar-refractivity contribution < 1.29 is 49.8 Å². The number of carbonyl (C=O) groups is 2. The van der Waals surface area contributed by atoms with Crippen LogP contribution in [0.1, 0.15) is 68.4 Å². The van der Waals surface area contributed by atoms with Crippen LogP contribution in [0.25, 0.3) is 0 Å². The van der Waals surface area contributed by atoms with Crippen molar-refractivity contribution in [3.05, 3.63) is 70.5 Å². The number of esters is 1. The number of amides is 1. The molecular formula is C28H28F7NO4. The molecule has 2 aliphatic rings. The summed E-state index contributed by atoms with van der Waals surface area (Å²) >= 11 is 0. The molecule has 0 aromatic heterocycles. The Morgan fingerprint density at radius 2 is 1.55 bits per heavy atom. The molecule has 0 aliphatic carbocycles. The van der Waals surface area contributed by atoms with Crippen LogP contribution in [-0.2, 0) is 31.4 Å². The van der Waals surface area contributed by atoms with E-state index in [1.54, 1.807) is 13.8 Å². The second-order valence-electron chi connectivity index (χ2n) is 11.0. The molecule has 4 rings (SSSR count). The van der Waals surface area contributed by atoms with Crippen LogP contribution >= 0.6 is 0 Å². The zero-order valence-corrected chi connectivity index (χ0v) is 22.1. The molecule has 0 bridgehead atoms. The maximum atomic E-state index is 13.7. The SMILES string of the molecule is CC(=O)OC1C(=O)N2C[C@H](OC(C)c3cc(C(F)(F)F)cc(C(F)(F)F)c3)C(c3ccc(F)cc3)C2CC1(C)C. The van der Waals surface area contributed by atoms with Crippen LogP contribution in [0.15, 0.2) is 42.5 Å². The van der Waals surface area contributed by atoms with Gasteiger partial charge in [0, 0.05) is 30.8 Å². The number of fused-ring (bicyclic) bond motifs is 1. The molecule has 2 aromatic carbocycles. The molecule has 4 unspecified atom stereocenters. The van der Waals surface area contributed by atoms with Crippen molar-refractivity contribution in [2.75, 3.05) is 6.54 Å². The normalized spacial score (nSPS) is 25.5. The van der Waals surface area contributed by atoms with Crippen molar-refractivity contribution in [2.24, 2.45) is 5.41 Å². The molecule has 2 fully saturated rings. The van der Waals surface area contributed by atoms with Gasteiger partial charge in [-0.2, -0.15) is 26.3 Å². The Hall–Kier alpha value is -3.15. The maximum Gasteiger partial charge on any atom is 0.416 e. The Kier molecular flexibility index (Phi) is 7.72. The van der Waals surface area contributed by atoms with Gasteiger partial charge in [0.1, 0.15) is 5.82 Å². The van der Waals surface area contributed by atoms with Gasteiger partial charge >= 0.3 is 18.3 Å². The first kappa shape index (κ1) is 29.8. The second-order valence-corrected chi connectivity index (χ2v) is 11.0. The Balaban J connectivity index is 1.72. The van der Waals surface area contributed by atoms with Gasteiger partial charge in [-0.05, 0) is 54.8 Å². The van der Waals surface area contributed by atoms with Crippen molar-refractivity contribution in [2.45, 2.75) is 76.7 Å². The van der Waals surface area contributed by atoms with Gasteiger partial charge in [0.05, 0.1) is 23.3 Å². The predicted molar refractivity (Wildman–Crippen MR) is 128 cm³/mol. The summed E-state index contributed by atoms with van der Waals surface area (Å²) in [5.74, 6) is -2.23. The molecule has 2 aromatic rings. The molecule has 40 heavy (non-hydrogen) atoms. The fourth-order valence-corrected chi connectivity index (χ4v) is 5.69. The average molecular weight is 576 g/mol. The van der Waals surface area contributed by atoms with Gasteiger partial charge in [0.2, 0.25) is 0 Å². The van der Waals surface area contributed by atoms with Crippen LogP contribution in [0, 0.1) is 11.2 Å². The summed E-state index contributed by atoms with van der Waals surface area (Å²) in [5, 5.41) is 0. The largest absolute Gasteiger partial charge is 0.452 e. The predicted octanol–water partition coefficient (Wildman–Crippen LogP) is 6.67. The molecule has 2 saturated heterocycles. The van der Waals surface area contributed by atoms with Gasteiger partial charge < -0.3 is 14.4 Å². The Morgan fingerprint density at radius 1 is 1.00 bits per heavy atom. The van der Waals surface area contributed by atoms with E-state index >= 15 is 0 Å². The molecule has 12 heteroatoms. The summed E-state index contributed by atoms with van der Waals surface area (Å²) in [4.78, 5) is 26.7.